The number of aromatic nitrogens is 1. The van der Waals surface area contributed by atoms with Crippen LogP contribution in [-0.4, -0.2) is 34.3 Å². The first kappa shape index (κ1) is 20.6. The molecule has 2 fully saturated rings. The first-order chi connectivity index (χ1) is 14.7. The highest BCUT2D eigenvalue weighted by atomic mass is 16.2. The highest BCUT2D eigenvalue weighted by molar-refractivity contribution is 5.94. The summed E-state index contributed by atoms with van der Waals surface area (Å²) in [5, 5.41) is 3.30. The van der Waals surface area contributed by atoms with E-state index < -0.39 is 0 Å². The lowest BCUT2D eigenvalue weighted by atomic mass is 9.94. The third kappa shape index (κ3) is 5.47. The lowest BCUT2D eigenvalue weighted by molar-refractivity contribution is -0.128. The third-order valence-electron chi connectivity index (χ3n) is 6.39. The molecule has 5 heteroatoms. The van der Waals surface area contributed by atoms with Crippen LogP contribution >= 0.6 is 0 Å². The zero-order valence-corrected chi connectivity index (χ0v) is 17.6. The number of nitrogens with one attached hydrogen (secondary N) is 1. The van der Waals surface area contributed by atoms with Crippen LogP contribution in [0.25, 0.3) is 0 Å². The maximum Gasteiger partial charge on any atom is 0.251 e. The van der Waals surface area contributed by atoms with Crippen molar-refractivity contribution in [2.24, 2.45) is 5.92 Å². The summed E-state index contributed by atoms with van der Waals surface area (Å²) in [4.78, 5) is 31.0. The Morgan fingerprint density at radius 1 is 1.10 bits per heavy atom. The molecule has 4 rings (SSSR count). The molecular formula is C25H31N3O2. The van der Waals surface area contributed by atoms with Gasteiger partial charge < -0.3 is 10.2 Å². The SMILES string of the molecule is O=C(NC(Cc1ccncc1)CC1CCCC1)c1cccc(CN2CCCC2=O)c1. The predicted octanol–water partition coefficient (Wildman–Crippen LogP) is 4.13. The van der Waals surface area contributed by atoms with Crippen LogP contribution in [0, 0.1) is 5.92 Å². The van der Waals surface area contributed by atoms with Gasteiger partial charge in [0.05, 0.1) is 0 Å². The number of carbonyl (C=O) groups excluding carboxylic acids is 2. The summed E-state index contributed by atoms with van der Waals surface area (Å²) in [5.74, 6) is 0.880. The molecule has 1 N–H and O–H groups in total. The molecule has 1 aromatic heterocycles. The molecule has 1 atom stereocenters. The second kappa shape index (κ2) is 9.88. The number of likely N-dealkylation sites (tertiary alicyclic amines) is 1. The molecule has 5 nitrogen and oxygen atoms in total. The van der Waals surface area contributed by atoms with E-state index in [-0.39, 0.29) is 17.9 Å². The topological polar surface area (TPSA) is 62.3 Å². The monoisotopic (exact) mass is 405 g/mol. The Labute approximate surface area is 178 Å². The molecule has 1 saturated carbocycles. The van der Waals surface area contributed by atoms with Gasteiger partial charge in [0.15, 0.2) is 0 Å². The molecule has 30 heavy (non-hydrogen) atoms. The average Bonchev–Trinajstić information content (AvgIpc) is 3.41. The summed E-state index contributed by atoms with van der Waals surface area (Å²) in [7, 11) is 0. The standard InChI is InChI=1S/C25H31N3O2/c29-24-9-4-14-28(24)18-21-7-3-8-22(15-21)25(30)27-23(16-19-5-1-2-6-19)17-20-10-12-26-13-11-20/h3,7-8,10-13,15,19,23H,1-2,4-6,9,14,16-18H2,(H,27,30). The molecule has 158 valence electrons. The van der Waals surface area contributed by atoms with Gasteiger partial charge in [-0.1, -0.05) is 37.8 Å². The normalized spacial score (nSPS) is 18.0. The smallest absolute Gasteiger partial charge is 0.251 e. The van der Waals surface area contributed by atoms with Crippen molar-refractivity contribution in [3.8, 4) is 0 Å². The molecule has 0 spiro atoms. The maximum absolute atomic E-state index is 13.1. The van der Waals surface area contributed by atoms with Gasteiger partial charge in [-0.15, -0.1) is 0 Å². The van der Waals surface area contributed by atoms with E-state index in [2.05, 4.69) is 10.3 Å². The predicted molar refractivity (Wildman–Crippen MR) is 117 cm³/mol. The third-order valence-corrected chi connectivity index (χ3v) is 6.39. The summed E-state index contributed by atoms with van der Waals surface area (Å²) >= 11 is 0. The number of hydrogen-bond acceptors (Lipinski definition) is 3. The lowest BCUT2D eigenvalue weighted by Gasteiger charge is -2.22. The van der Waals surface area contributed by atoms with Crippen molar-refractivity contribution in [3.63, 3.8) is 0 Å². The molecular weight excluding hydrogens is 374 g/mol. The van der Waals surface area contributed by atoms with E-state index in [9.17, 15) is 9.59 Å². The fraction of sp³-hybridized carbons (Fsp3) is 0.480. The minimum absolute atomic E-state index is 0.0262. The number of benzene rings is 1. The number of carbonyl (C=O) groups is 2. The van der Waals surface area contributed by atoms with Crippen LogP contribution in [0.5, 0.6) is 0 Å². The van der Waals surface area contributed by atoms with Gasteiger partial charge in [-0.2, -0.15) is 0 Å². The Balaban J connectivity index is 1.43. The Hall–Kier alpha value is -2.69. The van der Waals surface area contributed by atoms with E-state index in [1.54, 1.807) is 0 Å². The number of pyridine rings is 1. The van der Waals surface area contributed by atoms with Gasteiger partial charge in [-0.05, 0) is 60.6 Å². The van der Waals surface area contributed by atoms with Crippen molar-refractivity contribution in [2.45, 2.75) is 64.0 Å². The minimum Gasteiger partial charge on any atom is -0.349 e. The van der Waals surface area contributed by atoms with E-state index in [0.29, 0.717) is 24.4 Å². The second-order valence-electron chi connectivity index (χ2n) is 8.74. The summed E-state index contributed by atoms with van der Waals surface area (Å²) < 4.78 is 0. The van der Waals surface area contributed by atoms with E-state index in [1.807, 2.05) is 53.7 Å². The van der Waals surface area contributed by atoms with Crippen LogP contribution in [0.2, 0.25) is 0 Å². The molecule has 1 aliphatic carbocycles. The van der Waals surface area contributed by atoms with Crippen LogP contribution in [0.1, 0.15) is 66.4 Å². The van der Waals surface area contributed by atoms with Crippen molar-refractivity contribution >= 4 is 11.8 Å². The molecule has 0 radical (unpaired) electrons. The van der Waals surface area contributed by atoms with Gasteiger partial charge in [-0.25, -0.2) is 0 Å². The molecule has 1 unspecified atom stereocenters. The Morgan fingerprint density at radius 2 is 1.90 bits per heavy atom. The quantitative estimate of drug-likeness (QED) is 0.718. The van der Waals surface area contributed by atoms with Gasteiger partial charge in [0.1, 0.15) is 0 Å². The van der Waals surface area contributed by atoms with Crippen molar-refractivity contribution in [1.29, 1.82) is 0 Å². The molecule has 1 aliphatic heterocycles. The van der Waals surface area contributed by atoms with Crippen LogP contribution < -0.4 is 5.32 Å². The van der Waals surface area contributed by atoms with Gasteiger partial charge in [0, 0.05) is 43.5 Å². The largest absolute Gasteiger partial charge is 0.349 e. The average molecular weight is 406 g/mol. The molecule has 1 saturated heterocycles. The molecule has 2 amide bonds. The first-order valence-corrected chi connectivity index (χ1v) is 11.2. The lowest BCUT2D eigenvalue weighted by Crippen LogP contribution is -2.37. The van der Waals surface area contributed by atoms with E-state index in [0.717, 1.165) is 31.4 Å². The Kier molecular flexibility index (Phi) is 6.77. The zero-order chi connectivity index (χ0) is 20.8. The molecule has 1 aromatic carbocycles. The zero-order valence-electron chi connectivity index (χ0n) is 17.6. The van der Waals surface area contributed by atoms with Crippen LogP contribution in [0.4, 0.5) is 0 Å². The first-order valence-electron chi connectivity index (χ1n) is 11.2. The number of hydrogen-bond donors (Lipinski definition) is 1. The highest BCUT2D eigenvalue weighted by Crippen LogP contribution is 2.29. The van der Waals surface area contributed by atoms with Crippen LogP contribution in [-0.2, 0) is 17.8 Å². The van der Waals surface area contributed by atoms with Crippen molar-refractivity contribution < 1.29 is 9.59 Å². The second-order valence-corrected chi connectivity index (χ2v) is 8.74. The van der Waals surface area contributed by atoms with Gasteiger partial charge in [-0.3, -0.25) is 14.6 Å². The van der Waals surface area contributed by atoms with Gasteiger partial charge in [0.25, 0.3) is 5.91 Å². The summed E-state index contributed by atoms with van der Waals surface area (Å²) in [6.07, 6.45) is 12.2. The highest BCUT2D eigenvalue weighted by Gasteiger charge is 2.23. The molecule has 2 heterocycles. The van der Waals surface area contributed by atoms with E-state index in [4.69, 9.17) is 0 Å². The summed E-state index contributed by atoms with van der Waals surface area (Å²) in [5.41, 5.74) is 2.89. The fourth-order valence-corrected chi connectivity index (χ4v) is 4.82. The maximum atomic E-state index is 13.1. The van der Waals surface area contributed by atoms with Crippen LogP contribution in [0.15, 0.2) is 48.8 Å². The van der Waals surface area contributed by atoms with Gasteiger partial charge in [0.2, 0.25) is 5.91 Å². The molecule has 2 aliphatic rings. The number of rotatable bonds is 8. The fourth-order valence-electron chi connectivity index (χ4n) is 4.82. The molecule has 2 aromatic rings. The van der Waals surface area contributed by atoms with Crippen LogP contribution in [0.3, 0.4) is 0 Å². The number of nitrogens with zero attached hydrogens (tertiary/aromatic N) is 2. The van der Waals surface area contributed by atoms with E-state index in [1.165, 1.54) is 31.2 Å². The van der Waals surface area contributed by atoms with E-state index >= 15 is 0 Å². The van der Waals surface area contributed by atoms with Crippen molar-refractivity contribution in [3.05, 3.63) is 65.5 Å². The Bertz CT molecular complexity index is 862. The Morgan fingerprint density at radius 3 is 2.63 bits per heavy atom. The van der Waals surface area contributed by atoms with Gasteiger partial charge >= 0.3 is 0 Å². The summed E-state index contributed by atoms with van der Waals surface area (Å²) in [6.45, 7) is 1.40. The minimum atomic E-state index is -0.0262. The molecule has 0 bridgehead atoms. The number of amides is 2. The summed E-state index contributed by atoms with van der Waals surface area (Å²) in [6, 6.07) is 11.9. The van der Waals surface area contributed by atoms with Crippen molar-refractivity contribution in [1.82, 2.24) is 15.2 Å². The van der Waals surface area contributed by atoms with Crippen molar-refractivity contribution in [2.75, 3.05) is 6.54 Å².